The van der Waals surface area contributed by atoms with Crippen LogP contribution in [0.4, 0.5) is 4.39 Å². The Hall–Kier alpha value is -2.51. The van der Waals surface area contributed by atoms with Gasteiger partial charge in [0.15, 0.2) is 5.43 Å². The van der Waals surface area contributed by atoms with Crippen LogP contribution in [0.5, 0.6) is 0 Å². The summed E-state index contributed by atoms with van der Waals surface area (Å²) in [6, 6.07) is 8.04. The Bertz CT molecular complexity index is 1030. The van der Waals surface area contributed by atoms with Gasteiger partial charge in [0, 0.05) is 43.3 Å². The highest BCUT2D eigenvalue weighted by Gasteiger charge is 2.19. The quantitative estimate of drug-likeness (QED) is 0.741. The molecule has 3 aromatic rings. The molecule has 3 heterocycles. The Morgan fingerprint density at radius 3 is 3.00 bits per heavy atom. The summed E-state index contributed by atoms with van der Waals surface area (Å²) in [4.78, 5) is 17.6. The Labute approximate surface area is 156 Å². The van der Waals surface area contributed by atoms with Crippen LogP contribution in [-0.4, -0.2) is 31.3 Å². The largest absolute Gasteiger partial charge is 0.387 e. The number of nitrogens with zero attached hydrogens (tertiary/aromatic N) is 3. The average Bonchev–Trinajstić information content (AvgIpc) is 2.95. The van der Waals surface area contributed by atoms with E-state index in [1.54, 1.807) is 18.2 Å². The molecule has 27 heavy (non-hydrogen) atoms. The van der Waals surface area contributed by atoms with Gasteiger partial charge < -0.3 is 10.1 Å². The molecule has 2 N–H and O–H groups in total. The van der Waals surface area contributed by atoms with E-state index in [4.69, 9.17) is 0 Å². The van der Waals surface area contributed by atoms with Crippen LogP contribution in [0, 0.1) is 5.82 Å². The molecule has 0 bridgehead atoms. The maximum Gasteiger partial charge on any atom is 0.189 e. The Balaban J connectivity index is 1.59. The van der Waals surface area contributed by atoms with E-state index >= 15 is 0 Å². The number of aromatic amines is 1. The number of H-pyrrole nitrogens is 1. The zero-order chi connectivity index (χ0) is 19.0. The number of fused-ring (bicyclic) bond motifs is 2. The van der Waals surface area contributed by atoms with Crippen molar-refractivity contribution in [2.24, 2.45) is 0 Å². The van der Waals surface area contributed by atoms with Crippen LogP contribution >= 0.6 is 0 Å². The van der Waals surface area contributed by atoms with Gasteiger partial charge in [-0.15, -0.1) is 0 Å². The van der Waals surface area contributed by atoms with E-state index in [1.165, 1.54) is 6.07 Å². The first-order valence-electron chi connectivity index (χ1n) is 9.32. The van der Waals surface area contributed by atoms with Crippen molar-refractivity contribution in [3.05, 3.63) is 63.5 Å². The highest BCUT2D eigenvalue weighted by molar-refractivity contribution is 5.78. The second-order valence-electron chi connectivity index (χ2n) is 7.09. The second kappa shape index (κ2) is 7.25. The molecule has 0 fully saturated rings. The van der Waals surface area contributed by atoms with Crippen molar-refractivity contribution in [3.8, 4) is 0 Å². The van der Waals surface area contributed by atoms with Gasteiger partial charge in [0.05, 0.1) is 23.0 Å². The first-order valence-corrected chi connectivity index (χ1v) is 9.32. The Morgan fingerprint density at radius 2 is 2.19 bits per heavy atom. The lowest BCUT2D eigenvalue weighted by Crippen LogP contribution is -2.24. The number of nitrogens with one attached hydrogen (secondary N) is 1. The van der Waals surface area contributed by atoms with Crippen LogP contribution in [0.25, 0.3) is 10.9 Å². The molecule has 7 heteroatoms. The normalized spacial score (nSPS) is 16.3. The van der Waals surface area contributed by atoms with Crippen LogP contribution in [0.15, 0.2) is 35.1 Å². The molecule has 4 rings (SSSR count). The lowest BCUT2D eigenvalue weighted by atomic mass is 10.1. The smallest absolute Gasteiger partial charge is 0.189 e. The number of hydrogen-bond acceptors (Lipinski definition) is 4. The molecule has 0 saturated carbocycles. The summed E-state index contributed by atoms with van der Waals surface area (Å²) in [6.45, 7) is 4.77. The fourth-order valence-electron chi connectivity index (χ4n) is 3.67. The molecule has 0 saturated heterocycles. The van der Waals surface area contributed by atoms with Gasteiger partial charge in [0.2, 0.25) is 0 Å². The van der Waals surface area contributed by atoms with Gasteiger partial charge in [0.25, 0.3) is 0 Å². The molecule has 0 radical (unpaired) electrons. The number of aliphatic hydroxyl groups is 1. The summed E-state index contributed by atoms with van der Waals surface area (Å²) >= 11 is 0. The van der Waals surface area contributed by atoms with E-state index in [0.717, 1.165) is 25.2 Å². The van der Waals surface area contributed by atoms with Crippen molar-refractivity contribution >= 4 is 10.9 Å². The van der Waals surface area contributed by atoms with Crippen molar-refractivity contribution in [2.75, 3.05) is 6.54 Å². The third kappa shape index (κ3) is 3.52. The van der Waals surface area contributed by atoms with Crippen molar-refractivity contribution < 1.29 is 9.50 Å². The van der Waals surface area contributed by atoms with Crippen molar-refractivity contribution in [1.82, 2.24) is 19.7 Å². The molecule has 2 aromatic heterocycles. The molecule has 1 atom stereocenters. The Morgan fingerprint density at radius 1 is 1.33 bits per heavy atom. The van der Waals surface area contributed by atoms with Crippen molar-refractivity contribution in [3.63, 3.8) is 0 Å². The molecule has 0 spiro atoms. The van der Waals surface area contributed by atoms with E-state index in [0.29, 0.717) is 36.3 Å². The SMILES string of the molecule is CCC(O)c1cc2n(n1)CCCN(Cc1cc(=O)c3cccc(F)c3[nH]1)C2. The third-order valence-electron chi connectivity index (χ3n) is 5.10. The summed E-state index contributed by atoms with van der Waals surface area (Å²) < 4.78 is 16.0. The molecule has 142 valence electrons. The summed E-state index contributed by atoms with van der Waals surface area (Å²) in [5, 5.41) is 14.9. The fraction of sp³-hybridized carbons (Fsp3) is 0.400. The summed E-state index contributed by atoms with van der Waals surface area (Å²) in [5.74, 6) is -0.418. The van der Waals surface area contributed by atoms with Crippen LogP contribution in [-0.2, 0) is 19.6 Å². The number of aryl methyl sites for hydroxylation is 1. The number of hydrogen-bond donors (Lipinski definition) is 2. The minimum atomic E-state index is -0.544. The Kier molecular flexibility index (Phi) is 4.80. The zero-order valence-electron chi connectivity index (χ0n) is 15.3. The molecule has 1 aliphatic heterocycles. The average molecular weight is 370 g/mol. The maximum atomic E-state index is 14.1. The molecular weight excluding hydrogens is 347 g/mol. The lowest BCUT2D eigenvalue weighted by Gasteiger charge is -2.19. The van der Waals surface area contributed by atoms with E-state index in [9.17, 15) is 14.3 Å². The standard InChI is InChI=1S/C20H23FN4O2/c1-2-18(26)17-10-14-12-24(7-4-8-25(14)23-17)11-13-9-19(27)15-5-3-6-16(21)20(15)22-13/h3,5-6,9-10,18,26H,2,4,7-8,11-12H2,1H3,(H,22,27). The first kappa shape index (κ1) is 17.9. The molecule has 1 aromatic carbocycles. The van der Waals surface area contributed by atoms with Gasteiger partial charge in [-0.3, -0.25) is 14.4 Å². The van der Waals surface area contributed by atoms with Gasteiger partial charge in [0.1, 0.15) is 5.82 Å². The van der Waals surface area contributed by atoms with Gasteiger partial charge in [-0.2, -0.15) is 5.10 Å². The summed E-state index contributed by atoms with van der Waals surface area (Å²) in [5.41, 5.74) is 2.53. The van der Waals surface area contributed by atoms with E-state index in [-0.39, 0.29) is 10.9 Å². The minimum absolute atomic E-state index is 0.175. The van der Waals surface area contributed by atoms with E-state index < -0.39 is 11.9 Å². The predicted octanol–water partition coefficient (Wildman–Crippen LogP) is 2.71. The monoisotopic (exact) mass is 370 g/mol. The van der Waals surface area contributed by atoms with Crippen molar-refractivity contribution in [1.29, 1.82) is 0 Å². The first-order chi connectivity index (χ1) is 13.0. The highest BCUT2D eigenvalue weighted by atomic mass is 19.1. The van der Waals surface area contributed by atoms with Crippen molar-refractivity contribution in [2.45, 2.75) is 45.5 Å². The second-order valence-corrected chi connectivity index (χ2v) is 7.09. The van der Waals surface area contributed by atoms with Crippen LogP contribution in [0.3, 0.4) is 0 Å². The number of benzene rings is 1. The maximum absolute atomic E-state index is 14.1. The summed E-state index contributed by atoms with van der Waals surface area (Å²) in [7, 11) is 0. The van der Waals surface area contributed by atoms with Gasteiger partial charge in [-0.25, -0.2) is 4.39 Å². The number of halogens is 1. The minimum Gasteiger partial charge on any atom is -0.387 e. The molecule has 0 amide bonds. The van der Waals surface area contributed by atoms with E-state index in [2.05, 4.69) is 15.0 Å². The van der Waals surface area contributed by atoms with Crippen LogP contribution < -0.4 is 5.43 Å². The lowest BCUT2D eigenvalue weighted by molar-refractivity contribution is 0.167. The van der Waals surface area contributed by atoms with Gasteiger partial charge in [-0.1, -0.05) is 13.0 Å². The molecule has 1 aliphatic rings. The van der Waals surface area contributed by atoms with Crippen LogP contribution in [0.2, 0.25) is 0 Å². The summed E-state index contributed by atoms with van der Waals surface area (Å²) in [6.07, 6.45) is 1.00. The number of aliphatic hydroxyl groups excluding tert-OH is 1. The number of rotatable bonds is 4. The van der Waals surface area contributed by atoms with Gasteiger partial charge >= 0.3 is 0 Å². The zero-order valence-corrected chi connectivity index (χ0v) is 15.3. The highest BCUT2D eigenvalue weighted by Crippen LogP contribution is 2.21. The third-order valence-corrected chi connectivity index (χ3v) is 5.10. The predicted molar refractivity (Wildman–Crippen MR) is 101 cm³/mol. The molecule has 6 nitrogen and oxygen atoms in total. The van der Waals surface area contributed by atoms with Crippen LogP contribution in [0.1, 0.15) is 43.0 Å². The molecular formula is C20H23FN4O2. The van der Waals surface area contributed by atoms with E-state index in [1.807, 2.05) is 17.7 Å². The number of aromatic nitrogens is 3. The molecule has 1 unspecified atom stereocenters. The van der Waals surface area contributed by atoms with Gasteiger partial charge in [-0.05, 0) is 31.0 Å². The number of para-hydroxylation sites is 1. The fourth-order valence-corrected chi connectivity index (χ4v) is 3.67. The molecule has 0 aliphatic carbocycles. The number of pyridine rings is 1. The topological polar surface area (TPSA) is 74.2 Å².